The molecule has 1 heterocycles. The van der Waals surface area contributed by atoms with E-state index in [1.54, 1.807) is 31.3 Å². The van der Waals surface area contributed by atoms with Crippen LogP contribution in [0.2, 0.25) is 0 Å². The number of nitrogens with zero attached hydrogens (tertiary/aromatic N) is 1. The zero-order chi connectivity index (χ0) is 21.0. The van der Waals surface area contributed by atoms with Gasteiger partial charge in [-0.05, 0) is 48.7 Å². The van der Waals surface area contributed by atoms with Crippen molar-refractivity contribution < 1.29 is 23.5 Å². The molecule has 7 heteroatoms. The molecular formula is C22H25FN2O4. The lowest BCUT2D eigenvalue weighted by Crippen LogP contribution is -2.30. The second kappa shape index (κ2) is 8.94. The molecule has 3 rings (SSSR count). The Morgan fingerprint density at radius 3 is 2.66 bits per heavy atom. The molecule has 0 radical (unpaired) electrons. The molecule has 6 nitrogen and oxygen atoms in total. The van der Waals surface area contributed by atoms with E-state index < -0.39 is 11.7 Å². The Balaban J connectivity index is 1.58. The number of likely N-dealkylation sites (tertiary alicyclic amines) is 1. The van der Waals surface area contributed by atoms with E-state index in [9.17, 15) is 14.0 Å². The molecule has 2 aromatic rings. The third kappa shape index (κ3) is 4.85. The first kappa shape index (κ1) is 20.6. The molecule has 1 saturated heterocycles. The fraction of sp³-hybridized carbons (Fsp3) is 0.364. The monoisotopic (exact) mass is 400 g/mol. The van der Waals surface area contributed by atoms with Gasteiger partial charge < -0.3 is 19.7 Å². The summed E-state index contributed by atoms with van der Waals surface area (Å²) in [6.45, 7) is 2.65. The second-order valence-electron chi connectivity index (χ2n) is 7.15. The number of benzene rings is 2. The van der Waals surface area contributed by atoms with Crippen LogP contribution in [0, 0.1) is 18.7 Å². The van der Waals surface area contributed by atoms with Gasteiger partial charge >= 0.3 is 0 Å². The Labute approximate surface area is 169 Å². The smallest absolute Gasteiger partial charge is 0.229 e. The highest BCUT2D eigenvalue weighted by molar-refractivity contribution is 5.97. The first-order chi connectivity index (χ1) is 13.9. The summed E-state index contributed by atoms with van der Waals surface area (Å²) in [5, 5.41) is 2.61. The number of rotatable bonds is 7. The number of aryl methyl sites for hydroxylation is 1. The molecule has 154 valence electrons. The Hall–Kier alpha value is -3.09. The van der Waals surface area contributed by atoms with Crippen LogP contribution in [0.5, 0.6) is 11.5 Å². The summed E-state index contributed by atoms with van der Waals surface area (Å²) in [6.07, 6.45) is 0.762. The minimum absolute atomic E-state index is 0.0738. The zero-order valence-electron chi connectivity index (χ0n) is 16.8. The molecule has 2 aromatic carbocycles. The van der Waals surface area contributed by atoms with Crippen molar-refractivity contribution in [1.29, 1.82) is 0 Å². The van der Waals surface area contributed by atoms with Gasteiger partial charge in [0, 0.05) is 19.5 Å². The fourth-order valence-corrected chi connectivity index (χ4v) is 3.43. The van der Waals surface area contributed by atoms with Crippen molar-refractivity contribution in [2.45, 2.75) is 19.8 Å². The van der Waals surface area contributed by atoms with E-state index in [4.69, 9.17) is 9.47 Å². The Kier molecular flexibility index (Phi) is 6.36. The average molecular weight is 400 g/mol. The quantitative estimate of drug-likeness (QED) is 0.775. The van der Waals surface area contributed by atoms with Gasteiger partial charge in [-0.3, -0.25) is 9.59 Å². The van der Waals surface area contributed by atoms with Crippen molar-refractivity contribution >= 4 is 17.5 Å². The van der Waals surface area contributed by atoms with Crippen LogP contribution in [0.3, 0.4) is 0 Å². The van der Waals surface area contributed by atoms with E-state index in [0.29, 0.717) is 31.0 Å². The summed E-state index contributed by atoms with van der Waals surface area (Å²) in [6, 6.07) is 10.2. The van der Waals surface area contributed by atoms with Crippen molar-refractivity contribution in [3.05, 3.63) is 53.3 Å². The number of amides is 2. The minimum Gasteiger partial charge on any atom is -0.493 e. The van der Waals surface area contributed by atoms with Gasteiger partial charge in [0.05, 0.1) is 25.8 Å². The molecule has 1 unspecified atom stereocenters. The first-order valence-corrected chi connectivity index (χ1v) is 9.47. The molecule has 1 atom stereocenters. The molecule has 1 fully saturated rings. The Morgan fingerprint density at radius 1 is 1.17 bits per heavy atom. The van der Waals surface area contributed by atoms with E-state index in [-0.39, 0.29) is 23.9 Å². The van der Waals surface area contributed by atoms with E-state index in [0.717, 1.165) is 11.1 Å². The maximum atomic E-state index is 13.9. The van der Waals surface area contributed by atoms with Crippen LogP contribution in [0.25, 0.3) is 0 Å². The largest absolute Gasteiger partial charge is 0.493 e. The molecule has 0 aromatic heterocycles. The number of anilines is 1. The SMILES string of the molecule is COc1ccc(CCN2CC(C(=O)Nc3cc(C)ccc3F)CC2=O)cc1OC. The summed E-state index contributed by atoms with van der Waals surface area (Å²) in [5.74, 6) is -0.109. The standard InChI is InChI=1S/C22H25FN2O4/c1-14-4-6-17(23)18(10-14)24-22(27)16-12-21(26)25(13-16)9-8-15-5-7-19(28-2)20(11-15)29-3/h4-7,10-11,16H,8-9,12-13H2,1-3H3,(H,24,27). The lowest BCUT2D eigenvalue weighted by atomic mass is 10.1. The number of methoxy groups -OCH3 is 2. The van der Waals surface area contributed by atoms with Crippen molar-refractivity contribution in [2.75, 3.05) is 32.6 Å². The molecule has 0 bridgehead atoms. The van der Waals surface area contributed by atoms with Crippen molar-refractivity contribution in [1.82, 2.24) is 4.90 Å². The average Bonchev–Trinajstić information content (AvgIpc) is 3.09. The normalized spacial score (nSPS) is 16.1. The van der Waals surface area contributed by atoms with Gasteiger partial charge in [-0.2, -0.15) is 0 Å². The van der Waals surface area contributed by atoms with Gasteiger partial charge in [-0.1, -0.05) is 12.1 Å². The van der Waals surface area contributed by atoms with Crippen LogP contribution in [-0.2, 0) is 16.0 Å². The van der Waals surface area contributed by atoms with E-state index in [1.807, 2.05) is 25.1 Å². The predicted octanol–water partition coefficient (Wildman–Crippen LogP) is 3.18. The van der Waals surface area contributed by atoms with E-state index >= 15 is 0 Å². The molecule has 0 spiro atoms. The van der Waals surface area contributed by atoms with Gasteiger partial charge in [0.25, 0.3) is 0 Å². The minimum atomic E-state index is -0.493. The van der Waals surface area contributed by atoms with Crippen LogP contribution in [0.4, 0.5) is 10.1 Å². The molecule has 0 saturated carbocycles. The highest BCUT2D eigenvalue weighted by Gasteiger charge is 2.34. The van der Waals surface area contributed by atoms with Crippen molar-refractivity contribution in [3.63, 3.8) is 0 Å². The molecular weight excluding hydrogens is 375 g/mol. The van der Waals surface area contributed by atoms with Gasteiger partial charge in [-0.25, -0.2) is 4.39 Å². The Morgan fingerprint density at radius 2 is 1.93 bits per heavy atom. The first-order valence-electron chi connectivity index (χ1n) is 9.47. The summed E-state index contributed by atoms with van der Waals surface area (Å²) >= 11 is 0. The molecule has 29 heavy (non-hydrogen) atoms. The molecule has 1 aliphatic rings. The number of halogens is 1. The fourth-order valence-electron chi connectivity index (χ4n) is 3.43. The van der Waals surface area contributed by atoms with Gasteiger partial charge in [0.2, 0.25) is 11.8 Å². The van der Waals surface area contributed by atoms with Gasteiger partial charge in [0.1, 0.15) is 5.82 Å². The van der Waals surface area contributed by atoms with Gasteiger partial charge in [0.15, 0.2) is 11.5 Å². The number of carbonyl (C=O) groups excluding carboxylic acids is 2. The maximum absolute atomic E-state index is 13.9. The summed E-state index contributed by atoms with van der Waals surface area (Å²) < 4.78 is 24.4. The second-order valence-corrected chi connectivity index (χ2v) is 7.15. The topological polar surface area (TPSA) is 67.9 Å². The zero-order valence-corrected chi connectivity index (χ0v) is 16.8. The third-order valence-electron chi connectivity index (χ3n) is 5.08. The summed E-state index contributed by atoms with van der Waals surface area (Å²) in [7, 11) is 3.15. The number of carbonyl (C=O) groups is 2. The lowest BCUT2D eigenvalue weighted by Gasteiger charge is -2.17. The van der Waals surface area contributed by atoms with E-state index in [1.165, 1.54) is 6.07 Å². The molecule has 1 N–H and O–H groups in total. The number of ether oxygens (including phenoxy) is 2. The third-order valence-corrected chi connectivity index (χ3v) is 5.08. The van der Waals surface area contributed by atoms with Crippen LogP contribution in [0.15, 0.2) is 36.4 Å². The highest BCUT2D eigenvalue weighted by Crippen LogP contribution is 2.28. The van der Waals surface area contributed by atoms with E-state index in [2.05, 4.69) is 5.32 Å². The predicted molar refractivity (Wildman–Crippen MR) is 108 cm³/mol. The highest BCUT2D eigenvalue weighted by atomic mass is 19.1. The van der Waals surface area contributed by atoms with Crippen molar-refractivity contribution in [3.8, 4) is 11.5 Å². The lowest BCUT2D eigenvalue weighted by molar-refractivity contribution is -0.128. The van der Waals surface area contributed by atoms with Crippen LogP contribution >= 0.6 is 0 Å². The Bertz CT molecular complexity index is 916. The molecule has 1 aliphatic heterocycles. The van der Waals surface area contributed by atoms with Crippen LogP contribution in [-0.4, -0.2) is 44.0 Å². The molecule has 2 amide bonds. The molecule has 0 aliphatic carbocycles. The number of hydrogen-bond acceptors (Lipinski definition) is 4. The summed E-state index contributed by atoms with van der Waals surface area (Å²) in [5.41, 5.74) is 2.00. The number of nitrogens with one attached hydrogen (secondary N) is 1. The maximum Gasteiger partial charge on any atom is 0.229 e. The number of hydrogen-bond donors (Lipinski definition) is 1. The summed E-state index contributed by atoms with van der Waals surface area (Å²) in [4.78, 5) is 26.5. The van der Waals surface area contributed by atoms with Crippen LogP contribution in [0.1, 0.15) is 17.5 Å². The van der Waals surface area contributed by atoms with Crippen molar-refractivity contribution in [2.24, 2.45) is 5.92 Å². The van der Waals surface area contributed by atoms with Gasteiger partial charge in [-0.15, -0.1) is 0 Å². The van der Waals surface area contributed by atoms with Crippen LogP contribution < -0.4 is 14.8 Å².